The number of azo groups is 6. The molecule has 0 saturated heterocycles. The van der Waals surface area contributed by atoms with Crippen molar-refractivity contribution >= 4 is 213 Å². The topological polar surface area (TPSA) is 788 Å². The van der Waals surface area contributed by atoms with Crippen LogP contribution in [0.25, 0.3) is 45.8 Å². The molecule has 12 aromatic carbocycles. The van der Waals surface area contributed by atoms with E-state index in [1.807, 2.05) is 0 Å². The zero-order valence-corrected chi connectivity index (χ0v) is 71.4. The maximum atomic E-state index is 12.0. The molecule has 48 nitrogen and oxygen atoms in total. The Kier molecular flexibility index (Phi) is 29.5. The number of primary amides is 1. The molecule has 0 aliphatic rings. The van der Waals surface area contributed by atoms with E-state index in [-0.39, 0.29) is 129 Å². The lowest BCUT2D eigenvalue weighted by Crippen LogP contribution is -2.19. The van der Waals surface area contributed by atoms with Crippen LogP contribution in [0.4, 0.5) is 95.8 Å². The lowest BCUT2D eigenvalue weighted by molar-refractivity contribution is -0.385. The summed E-state index contributed by atoms with van der Waals surface area (Å²) in [6.45, 7) is 1.60. The normalized spacial score (nSPS) is 13.1. The standard InChI is InChI=1S/C39H35N9O15S3.C38H33N9O15S3/c1-20-13-32(46-47-37-36(66(60,61)62)15-23-14-24(8-11-28(23)38(37)50)42-44-29-12-10-27(49)18-31(29)41-39(40)51)33(63-2)19-30(20)45-43-25-7-5-21(34(16-25)64(54,55)56)3-4-22-6-9-26(48(52)53)17-35(22)65(57,58)59;1-61-33-19-31(44-43-26-6-4-21(34(16-26)63(52,53)54)2-3-22-5-10-27(47(50)51)17-35(22)64(55,56)57)30(40-20-62-39)18-32(33)45-46-37-36(65(58,59)60)15-23-14-25(9-13-29(23)38(37)49)42-41-24-7-11-28(48)12-8-24/h3-19,49-50,54-56,60-62H,1-2H3,(H3,40,41,51)(H,57,58,59);2-20,48-49,52-54,58-60H,39H2,1H3,(H,55,56,57). The predicted molar refractivity (Wildman–Crippen MR) is 481 cm³/mol. The number of carbonyl (C=O) groups excluding carboxylic acids is 1. The second kappa shape index (κ2) is 39.9. The number of nitro benzene ring substituents is 2. The van der Waals surface area contributed by atoms with Crippen molar-refractivity contribution in [2.45, 2.75) is 36.3 Å². The lowest BCUT2D eigenvalue weighted by atomic mass is 10.1. The van der Waals surface area contributed by atoms with Crippen LogP contribution in [0.3, 0.4) is 0 Å². The molecular formula is C77H68N18O30S6. The molecule has 0 aromatic heterocycles. The number of hydrogen-bond acceptors (Lipinski definition) is 42. The van der Waals surface area contributed by atoms with Gasteiger partial charge in [0.1, 0.15) is 110 Å². The SMILES string of the molecule is COc1cc(N=Nc2ccc(C=Cc3ccc([N+](=O)[O-])cc3S(=O)(=O)O)c(S(O)(O)O)c2)c(C)cc1N=Nc1c(S(O)(O)O)cc2cc(N=Nc3ccc(O)cc3NC(N)=O)ccc2c1O.COc1cc(N=Nc2ccc(C=Cc3ccc([N+](=O)[O-])cc3S(=O)(=O)O)c(S(O)(O)O)c2)c(N=CON)cc1N=Nc1c(S(O)(O)O)cc2cc(N=Nc3ccc(O)cc3)ccc2c1O. The Hall–Kier alpha value is -14.7. The van der Waals surface area contributed by atoms with Crippen molar-refractivity contribution < 1.29 is 130 Å². The van der Waals surface area contributed by atoms with E-state index >= 15 is 0 Å². The molecule has 0 aliphatic carbocycles. The van der Waals surface area contributed by atoms with Gasteiger partial charge in [-0.25, -0.2) is 9.79 Å². The number of rotatable bonds is 29. The number of aryl methyl sites for hydroxylation is 1. The fourth-order valence-corrected chi connectivity index (χ4v) is 16.0. The van der Waals surface area contributed by atoms with Crippen molar-refractivity contribution in [1.29, 1.82) is 0 Å². The number of methoxy groups -OCH3 is 2. The van der Waals surface area contributed by atoms with Crippen LogP contribution in [0.5, 0.6) is 34.5 Å². The number of nitrogens with one attached hydrogen (secondary N) is 1. The molecule has 0 bridgehead atoms. The minimum atomic E-state index is -4.95. The number of ether oxygens (including phenoxy) is 2. The number of amides is 2. The van der Waals surface area contributed by atoms with Gasteiger partial charge in [0.2, 0.25) is 6.40 Å². The van der Waals surface area contributed by atoms with Crippen LogP contribution in [0.15, 0.2) is 284 Å². The first-order chi connectivity index (χ1) is 61.6. The Morgan fingerprint density at radius 2 is 0.748 bits per heavy atom. The van der Waals surface area contributed by atoms with Crippen LogP contribution in [0.1, 0.15) is 27.8 Å². The van der Waals surface area contributed by atoms with Crippen LogP contribution >= 0.6 is 43.5 Å². The highest BCUT2D eigenvalue weighted by atomic mass is 32.3. The van der Waals surface area contributed by atoms with Gasteiger partial charge < -0.3 is 100 Å². The number of benzene rings is 12. The number of urea groups is 1. The molecule has 23 N–H and O–H groups in total. The first-order valence-corrected chi connectivity index (χ1v) is 44.7. The highest BCUT2D eigenvalue weighted by Crippen LogP contribution is 2.58. The summed E-state index contributed by atoms with van der Waals surface area (Å²) in [5, 5.41) is 116. The van der Waals surface area contributed by atoms with Gasteiger partial charge in [-0.2, -0.15) is 53.4 Å². The number of nitrogens with two attached hydrogens (primary N) is 2. The van der Waals surface area contributed by atoms with Crippen molar-refractivity contribution in [2.24, 2.45) is 78.0 Å². The number of nitrogens with zero attached hydrogens (tertiary/aromatic N) is 15. The number of non-ortho nitro benzene ring substituents is 2. The predicted octanol–water partition coefficient (Wildman–Crippen LogP) is 23.3. The Labute approximate surface area is 742 Å². The van der Waals surface area contributed by atoms with Gasteiger partial charge >= 0.3 is 6.03 Å². The molecule has 131 heavy (non-hydrogen) atoms. The van der Waals surface area contributed by atoms with E-state index in [1.54, 1.807) is 6.92 Å². The molecule has 12 aromatic rings. The Morgan fingerprint density at radius 3 is 1.17 bits per heavy atom. The fraction of sp³-hybridized carbons (Fsp3) is 0.0390. The van der Waals surface area contributed by atoms with Crippen molar-refractivity contribution in [1.82, 2.24) is 0 Å². The molecule has 0 radical (unpaired) electrons. The molecule has 682 valence electrons. The Bertz CT molecular complexity index is 7090. The molecule has 0 aliphatic heterocycles. The minimum absolute atomic E-state index is 0.00580. The summed E-state index contributed by atoms with van der Waals surface area (Å²) < 4.78 is 202. The summed E-state index contributed by atoms with van der Waals surface area (Å²) in [6.07, 6.45) is 5.32. The van der Waals surface area contributed by atoms with Crippen LogP contribution in [0, 0.1) is 27.2 Å². The van der Waals surface area contributed by atoms with Crippen molar-refractivity contribution in [3.05, 3.63) is 236 Å². The number of nitro groups is 2. The van der Waals surface area contributed by atoms with E-state index in [0.29, 0.717) is 23.4 Å². The molecular weight excluding hydrogens is 1850 g/mol. The second-order valence-corrected chi connectivity index (χ2v) is 35.3. The van der Waals surface area contributed by atoms with Gasteiger partial charge in [0, 0.05) is 53.2 Å². The van der Waals surface area contributed by atoms with Crippen molar-refractivity contribution in [2.75, 3.05) is 19.5 Å². The Morgan fingerprint density at radius 1 is 0.382 bits per heavy atom. The summed E-state index contributed by atoms with van der Waals surface area (Å²) >= 11 is 0. The second-order valence-electron chi connectivity index (χ2n) is 26.7. The molecule has 0 spiro atoms. The maximum absolute atomic E-state index is 12.0. The molecule has 12 rings (SSSR count). The average molecular weight is 1920 g/mol. The number of phenols is 4. The lowest BCUT2D eigenvalue weighted by Gasteiger charge is -2.22. The van der Waals surface area contributed by atoms with Gasteiger partial charge in [-0.3, -0.25) is 29.3 Å². The molecule has 54 heteroatoms. The monoisotopic (exact) mass is 1920 g/mol. The average Bonchev–Trinajstić information content (AvgIpc) is 0.699. The first kappa shape index (κ1) is 96.9. The molecule has 0 atom stereocenters. The van der Waals surface area contributed by atoms with E-state index in [4.69, 9.17) is 21.1 Å². The minimum Gasteiger partial charge on any atom is -0.508 e. The molecule has 0 saturated carbocycles. The first-order valence-electron chi connectivity index (χ1n) is 35.8. The fourth-order valence-electron chi connectivity index (χ4n) is 11.8. The van der Waals surface area contributed by atoms with Gasteiger partial charge in [-0.1, -0.05) is 36.4 Å². The number of hydrogen-bond donors (Lipinski definition) is 21. The van der Waals surface area contributed by atoms with E-state index in [9.17, 15) is 126 Å². The highest BCUT2D eigenvalue weighted by Gasteiger charge is 2.30. The quantitative estimate of drug-likeness (QED) is 0.00394. The maximum Gasteiger partial charge on any atom is 0.316 e. The number of aromatic hydroxyl groups is 4. The summed E-state index contributed by atoms with van der Waals surface area (Å²) in [7, 11) is -25.4. The van der Waals surface area contributed by atoms with Gasteiger partial charge in [0.05, 0.1) is 89.1 Å². The zero-order chi connectivity index (χ0) is 95.6. The number of carbonyl (C=O) groups is 1. The molecule has 0 unspecified atom stereocenters. The third kappa shape index (κ3) is 24.4. The van der Waals surface area contributed by atoms with Gasteiger partial charge in [-0.05, 0) is 179 Å². The van der Waals surface area contributed by atoms with Crippen molar-refractivity contribution in [3.8, 4) is 34.5 Å². The summed E-state index contributed by atoms with van der Waals surface area (Å²) in [4.78, 5) is 36.7. The van der Waals surface area contributed by atoms with Gasteiger partial charge in [0.25, 0.3) is 31.6 Å². The van der Waals surface area contributed by atoms with Gasteiger partial charge in [-0.15, -0.1) is 30.7 Å². The van der Waals surface area contributed by atoms with Crippen LogP contribution in [-0.4, -0.2) is 137 Å². The molecule has 0 heterocycles. The third-order valence-electron chi connectivity index (χ3n) is 17.8. The summed E-state index contributed by atoms with van der Waals surface area (Å²) in [6, 6.07) is 37.8. The van der Waals surface area contributed by atoms with Crippen molar-refractivity contribution in [3.63, 3.8) is 0 Å². The summed E-state index contributed by atoms with van der Waals surface area (Å²) in [5.41, 5.74) is 3.82. The van der Waals surface area contributed by atoms with Gasteiger partial charge in [0.15, 0.2) is 11.5 Å². The van der Waals surface area contributed by atoms with E-state index in [0.717, 1.165) is 79.2 Å². The highest BCUT2D eigenvalue weighted by molar-refractivity contribution is 8.20. The molecule has 2 amide bonds. The zero-order valence-electron chi connectivity index (χ0n) is 66.5. The third-order valence-corrected chi connectivity index (χ3v) is 23.3. The van der Waals surface area contributed by atoms with E-state index in [1.165, 1.54) is 142 Å². The number of aliphatic imine (C=N–C) groups is 1. The van der Waals surface area contributed by atoms with E-state index in [2.05, 4.69) is 76.5 Å². The molecule has 0 fully saturated rings. The number of anilines is 1. The Balaban J connectivity index is 0.000000253. The number of phenolic OH excluding ortho intramolecular Hbond substituents is 4. The van der Waals surface area contributed by atoms with Crippen LogP contribution in [-0.2, 0) is 25.1 Å². The number of fused-ring (bicyclic) bond motifs is 2. The van der Waals surface area contributed by atoms with Crippen LogP contribution in [0.2, 0.25) is 0 Å². The smallest absolute Gasteiger partial charge is 0.316 e. The van der Waals surface area contributed by atoms with E-state index < -0.39 is 143 Å². The largest absolute Gasteiger partial charge is 0.508 e. The summed E-state index contributed by atoms with van der Waals surface area (Å²) in [5.74, 6) is 3.80. The van der Waals surface area contributed by atoms with Crippen LogP contribution < -0.4 is 26.4 Å².